The Morgan fingerprint density at radius 2 is 1.70 bits per heavy atom. The number of para-hydroxylation sites is 1. The van der Waals surface area contributed by atoms with Gasteiger partial charge < -0.3 is 9.64 Å². The number of ether oxygens (including phenoxy) is 1. The van der Waals surface area contributed by atoms with E-state index in [2.05, 4.69) is 15.9 Å². The molecule has 0 atom stereocenters. The van der Waals surface area contributed by atoms with E-state index in [1.807, 2.05) is 53.4 Å². The molecule has 0 radical (unpaired) electrons. The van der Waals surface area contributed by atoms with Crippen LogP contribution in [0, 0.1) is 0 Å². The summed E-state index contributed by atoms with van der Waals surface area (Å²) in [6, 6.07) is 15.5. The van der Waals surface area contributed by atoms with Crippen molar-refractivity contribution in [3.05, 3.63) is 64.1 Å². The predicted molar refractivity (Wildman–Crippen MR) is 94.7 cm³/mol. The smallest absolute Gasteiger partial charge is 0.253 e. The number of carbonyl (C=O) groups excluding carboxylic acids is 1. The third-order valence-electron chi connectivity index (χ3n) is 4.08. The van der Waals surface area contributed by atoms with Gasteiger partial charge in [-0.1, -0.05) is 24.3 Å². The van der Waals surface area contributed by atoms with E-state index in [1.54, 1.807) is 0 Å². The Balaban J connectivity index is 1.60. The first-order valence-corrected chi connectivity index (χ1v) is 8.79. The van der Waals surface area contributed by atoms with Crippen LogP contribution < -0.4 is 4.74 Å². The van der Waals surface area contributed by atoms with Gasteiger partial charge in [0, 0.05) is 18.7 Å². The molecule has 1 fully saturated rings. The molecule has 0 saturated carbocycles. The van der Waals surface area contributed by atoms with Crippen LogP contribution in [0.15, 0.2) is 53.0 Å². The normalized spacial score (nSPS) is 14.6. The molecule has 1 heterocycles. The van der Waals surface area contributed by atoms with Gasteiger partial charge in [-0.15, -0.1) is 0 Å². The van der Waals surface area contributed by atoms with Crippen LogP contribution in [0.4, 0.5) is 0 Å². The maximum absolute atomic E-state index is 12.4. The van der Waals surface area contributed by atoms with Gasteiger partial charge in [-0.3, -0.25) is 4.79 Å². The largest absolute Gasteiger partial charge is 0.488 e. The summed E-state index contributed by atoms with van der Waals surface area (Å²) in [4.78, 5) is 14.4. The summed E-state index contributed by atoms with van der Waals surface area (Å²) >= 11 is 3.47. The Bertz CT molecular complexity index is 663. The maximum atomic E-state index is 12.4. The van der Waals surface area contributed by atoms with E-state index in [0.29, 0.717) is 6.61 Å². The Morgan fingerprint density at radius 1 is 1.00 bits per heavy atom. The molecule has 0 bridgehead atoms. The van der Waals surface area contributed by atoms with Crippen molar-refractivity contribution in [2.45, 2.75) is 25.9 Å². The van der Waals surface area contributed by atoms with E-state index in [1.165, 1.54) is 6.42 Å². The highest BCUT2D eigenvalue weighted by Gasteiger charge is 2.17. The van der Waals surface area contributed by atoms with E-state index in [9.17, 15) is 4.79 Å². The standard InChI is InChI=1S/C19H20BrNO2/c20-17-6-2-3-7-18(17)23-14-15-8-10-16(11-9-15)19(22)21-12-4-1-5-13-21/h2-3,6-11H,1,4-5,12-14H2. The SMILES string of the molecule is O=C(c1ccc(COc2ccccc2Br)cc1)N1CCCCC1. The first-order valence-electron chi connectivity index (χ1n) is 7.99. The molecule has 1 saturated heterocycles. The number of amides is 1. The third kappa shape index (κ3) is 4.14. The van der Waals surface area contributed by atoms with E-state index >= 15 is 0 Å². The lowest BCUT2D eigenvalue weighted by molar-refractivity contribution is 0.0724. The van der Waals surface area contributed by atoms with E-state index < -0.39 is 0 Å². The van der Waals surface area contributed by atoms with Crippen molar-refractivity contribution in [3.8, 4) is 5.75 Å². The number of hydrogen-bond acceptors (Lipinski definition) is 2. The second-order valence-corrected chi connectivity index (χ2v) is 6.62. The highest BCUT2D eigenvalue weighted by molar-refractivity contribution is 9.10. The first-order chi connectivity index (χ1) is 11.2. The minimum absolute atomic E-state index is 0.142. The van der Waals surface area contributed by atoms with Crippen LogP contribution in [0.1, 0.15) is 35.2 Å². The summed E-state index contributed by atoms with van der Waals surface area (Å²) in [6.07, 6.45) is 3.46. The van der Waals surface area contributed by atoms with Gasteiger partial charge in [-0.05, 0) is 65.0 Å². The number of halogens is 1. The average molecular weight is 374 g/mol. The third-order valence-corrected chi connectivity index (χ3v) is 4.73. The fourth-order valence-electron chi connectivity index (χ4n) is 2.75. The highest BCUT2D eigenvalue weighted by atomic mass is 79.9. The second kappa shape index (κ2) is 7.64. The Morgan fingerprint density at radius 3 is 2.39 bits per heavy atom. The Hall–Kier alpha value is -1.81. The van der Waals surface area contributed by atoms with Crippen LogP contribution in [0.2, 0.25) is 0 Å². The van der Waals surface area contributed by atoms with Crippen LogP contribution in [0.5, 0.6) is 5.75 Å². The Labute approximate surface area is 145 Å². The summed E-state index contributed by atoms with van der Waals surface area (Å²) in [6.45, 7) is 2.25. The van der Waals surface area contributed by atoms with Gasteiger partial charge in [0.2, 0.25) is 0 Å². The zero-order valence-corrected chi connectivity index (χ0v) is 14.6. The molecular weight excluding hydrogens is 354 g/mol. The minimum Gasteiger partial charge on any atom is -0.488 e. The lowest BCUT2D eigenvalue weighted by Crippen LogP contribution is -2.35. The minimum atomic E-state index is 0.142. The summed E-state index contributed by atoms with van der Waals surface area (Å²) in [5, 5.41) is 0. The quantitative estimate of drug-likeness (QED) is 0.780. The number of carbonyl (C=O) groups is 1. The monoisotopic (exact) mass is 373 g/mol. The van der Waals surface area contributed by atoms with Crippen molar-refractivity contribution in [1.82, 2.24) is 4.90 Å². The molecule has 0 aliphatic carbocycles. The number of nitrogens with zero attached hydrogens (tertiary/aromatic N) is 1. The summed E-state index contributed by atoms with van der Waals surface area (Å²) in [5.41, 5.74) is 1.81. The molecule has 1 amide bonds. The van der Waals surface area contributed by atoms with Crippen LogP contribution in [0.25, 0.3) is 0 Å². The molecule has 1 aliphatic heterocycles. The number of rotatable bonds is 4. The van der Waals surface area contributed by atoms with Crippen molar-refractivity contribution in [3.63, 3.8) is 0 Å². The van der Waals surface area contributed by atoms with Crippen molar-refractivity contribution in [2.75, 3.05) is 13.1 Å². The highest BCUT2D eigenvalue weighted by Crippen LogP contribution is 2.24. The van der Waals surface area contributed by atoms with Gasteiger partial charge in [-0.25, -0.2) is 0 Å². The molecular formula is C19H20BrNO2. The van der Waals surface area contributed by atoms with E-state index in [4.69, 9.17) is 4.74 Å². The van der Waals surface area contributed by atoms with Crippen LogP contribution in [0.3, 0.4) is 0 Å². The van der Waals surface area contributed by atoms with Gasteiger partial charge in [0.15, 0.2) is 0 Å². The molecule has 3 nitrogen and oxygen atoms in total. The molecule has 0 N–H and O–H groups in total. The van der Waals surface area contributed by atoms with Crippen LogP contribution in [-0.2, 0) is 6.61 Å². The fraction of sp³-hybridized carbons (Fsp3) is 0.316. The number of piperidine rings is 1. The average Bonchev–Trinajstić information content (AvgIpc) is 2.62. The Kier molecular flexibility index (Phi) is 5.34. The van der Waals surface area contributed by atoms with Gasteiger partial charge in [0.05, 0.1) is 4.47 Å². The summed E-state index contributed by atoms with van der Waals surface area (Å²) in [5.74, 6) is 0.962. The van der Waals surface area contributed by atoms with Gasteiger partial charge in [0.1, 0.15) is 12.4 Å². The van der Waals surface area contributed by atoms with Gasteiger partial charge in [-0.2, -0.15) is 0 Å². The van der Waals surface area contributed by atoms with Crippen LogP contribution in [-0.4, -0.2) is 23.9 Å². The van der Waals surface area contributed by atoms with Crippen molar-refractivity contribution >= 4 is 21.8 Å². The molecule has 4 heteroatoms. The summed E-state index contributed by atoms with van der Waals surface area (Å²) in [7, 11) is 0. The lowest BCUT2D eigenvalue weighted by Gasteiger charge is -2.26. The van der Waals surface area contributed by atoms with Crippen molar-refractivity contribution in [1.29, 1.82) is 0 Å². The van der Waals surface area contributed by atoms with E-state index in [0.717, 1.165) is 47.3 Å². The zero-order chi connectivity index (χ0) is 16.1. The fourth-order valence-corrected chi connectivity index (χ4v) is 3.15. The molecule has 120 valence electrons. The second-order valence-electron chi connectivity index (χ2n) is 5.77. The zero-order valence-electron chi connectivity index (χ0n) is 13.0. The molecule has 0 spiro atoms. The summed E-state index contributed by atoms with van der Waals surface area (Å²) < 4.78 is 6.74. The lowest BCUT2D eigenvalue weighted by atomic mass is 10.1. The molecule has 0 unspecified atom stereocenters. The van der Waals surface area contributed by atoms with Crippen molar-refractivity contribution < 1.29 is 9.53 Å². The van der Waals surface area contributed by atoms with E-state index in [-0.39, 0.29) is 5.91 Å². The molecule has 2 aromatic carbocycles. The molecule has 2 aromatic rings. The first kappa shape index (κ1) is 16.1. The maximum Gasteiger partial charge on any atom is 0.253 e. The molecule has 1 aliphatic rings. The molecule has 3 rings (SSSR count). The molecule has 0 aromatic heterocycles. The predicted octanol–water partition coefficient (Wildman–Crippen LogP) is 4.65. The van der Waals surface area contributed by atoms with Crippen molar-refractivity contribution in [2.24, 2.45) is 0 Å². The molecule has 23 heavy (non-hydrogen) atoms. The van der Waals surface area contributed by atoms with Crippen LogP contribution >= 0.6 is 15.9 Å². The topological polar surface area (TPSA) is 29.5 Å². The number of likely N-dealkylation sites (tertiary alicyclic amines) is 1. The van der Waals surface area contributed by atoms with Gasteiger partial charge >= 0.3 is 0 Å². The number of hydrogen-bond donors (Lipinski definition) is 0. The van der Waals surface area contributed by atoms with Gasteiger partial charge in [0.25, 0.3) is 5.91 Å². The number of benzene rings is 2.